The van der Waals surface area contributed by atoms with Crippen molar-refractivity contribution in [3.8, 4) is 0 Å². The zero-order valence-electron chi connectivity index (χ0n) is 8.30. The monoisotopic (exact) mass is 176 g/mol. The lowest BCUT2D eigenvalue weighted by Gasteiger charge is -2.31. The first kappa shape index (κ1) is 8.76. The van der Waals surface area contributed by atoms with E-state index in [-0.39, 0.29) is 0 Å². The second-order valence-corrected chi connectivity index (χ2v) is 4.29. The molecule has 1 nitrogen and oxygen atoms in total. The lowest BCUT2D eigenvalue weighted by atomic mass is 9.80. The molecular formula is C12H16O. The fourth-order valence-electron chi connectivity index (χ4n) is 2.17. The van der Waals surface area contributed by atoms with Gasteiger partial charge in [-0.05, 0) is 44.2 Å². The van der Waals surface area contributed by atoms with Gasteiger partial charge >= 0.3 is 0 Å². The molecule has 0 spiro atoms. The Bertz CT molecular complexity index is 326. The van der Waals surface area contributed by atoms with E-state index in [1.807, 2.05) is 6.92 Å². The van der Waals surface area contributed by atoms with Gasteiger partial charge in [0.25, 0.3) is 0 Å². The molecule has 0 aromatic heterocycles. The third-order valence-electron chi connectivity index (χ3n) is 2.96. The minimum Gasteiger partial charge on any atom is -0.385 e. The summed E-state index contributed by atoms with van der Waals surface area (Å²) < 4.78 is 0. The van der Waals surface area contributed by atoms with Gasteiger partial charge in [0.1, 0.15) is 0 Å². The van der Waals surface area contributed by atoms with Crippen molar-refractivity contribution >= 4 is 0 Å². The molecule has 1 aliphatic rings. The third-order valence-corrected chi connectivity index (χ3v) is 2.96. The average Bonchev–Trinajstić information content (AvgIpc) is 2.06. The van der Waals surface area contributed by atoms with Crippen LogP contribution in [0, 0.1) is 6.92 Å². The van der Waals surface area contributed by atoms with Gasteiger partial charge in [0.15, 0.2) is 0 Å². The number of hydrogen-bond donors (Lipinski definition) is 1. The first-order chi connectivity index (χ1) is 6.09. The van der Waals surface area contributed by atoms with Gasteiger partial charge in [-0.15, -0.1) is 0 Å². The third kappa shape index (κ3) is 1.49. The molecule has 0 amide bonds. The fraction of sp³-hybridized carbons (Fsp3) is 0.500. The van der Waals surface area contributed by atoms with Crippen LogP contribution < -0.4 is 0 Å². The predicted octanol–water partition coefficient (Wildman–Crippen LogP) is 2.54. The van der Waals surface area contributed by atoms with E-state index in [1.165, 1.54) is 11.1 Å². The van der Waals surface area contributed by atoms with Crippen LogP contribution in [0.15, 0.2) is 18.2 Å². The summed E-state index contributed by atoms with van der Waals surface area (Å²) >= 11 is 0. The molecule has 0 saturated carbocycles. The summed E-state index contributed by atoms with van der Waals surface area (Å²) in [7, 11) is 0. The maximum absolute atomic E-state index is 10.2. The molecule has 0 aliphatic heterocycles. The van der Waals surface area contributed by atoms with Crippen LogP contribution in [-0.2, 0) is 12.0 Å². The zero-order valence-corrected chi connectivity index (χ0v) is 8.30. The van der Waals surface area contributed by atoms with Crippen molar-refractivity contribution in [1.29, 1.82) is 0 Å². The fourth-order valence-corrected chi connectivity index (χ4v) is 2.17. The Morgan fingerprint density at radius 3 is 2.92 bits per heavy atom. The Morgan fingerprint density at radius 1 is 1.38 bits per heavy atom. The lowest BCUT2D eigenvalue weighted by Crippen LogP contribution is -2.26. The summed E-state index contributed by atoms with van der Waals surface area (Å²) in [4.78, 5) is 0. The molecule has 0 bridgehead atoms. The number of aryl methyl sites for hydroxylation is 2. The Hall–Kier alpha value is -0.820. The highest BCUT2D eigenvalue weighted by molar-refractivity contribution is 5.37. The predicted molar refractivity (Wildman–Crippen MR) is 53.7 cm³/mol. The molecule has 1 N–H and O–H groups in total. The molecule has 0 unspecified atom stereocenters. The molecule has 0 heterocycles. The molecule has 1 heteroatoms. The number of rotatable bonds is 0. The average molecular weight is 176 g/mol. The van der Waals surface area contributed by atoms with Gasteiger partial charge in [-0.2, -0.15) is 0 Å². The van der Waals surface area contributed by atoms with Crippen LogP contribution in [0.25, 0.3) is 0 Å². The molecular weight excluding hydrogens is 160 g/mol. The molecule has 1 atom stereocenters. The summed E-state index contributed by atoms with van der Waals surface area (Å²) in [6, 6.07) is 6.40. The van der Waals surface area contributed by atoms with Crippen LogP contribution >= 0.6 is 0 Å². The molecule has 0 radical (unpaired) electrons. The van der Waals surface area contributed by atoms with Gasteiger partial charge in [-0.1, -0.05) is 23.8 Å². The highest BCUT2D eigenvalue weighted by Crippen LogP contribution is 2.35. The second kappa shape index (κ2) is 2.85. The Labute approximate surface area is 79.4 Å². The van der Waals surface area contributed by atoms with E-state index in [0.29, 0.717) is 0 Å². The summed E-state index contributed by atoms with van der Waals surface area (Å²) in [6.07, 6.45) is 3.11. The van der Waals surface area contributed by atoms with E-state index >= 15 is 0 Å². The molecule has 1 aromatic rings. The number of benzene rings is 1. The second-order valence-electron chi connectivity index (χ2n) is 4.29. The van der Waals surface area contributed by atoms with E-state index in [9.17, 15) is 5.11 Å². The maximum Gasteiger partial charge on any atom is 0.0871 e. The van der Waals surface area contributed by atoms with Crippen LogP contribution in [0.3, 0.4) is 0 Å². The van der Waals surface area contributed by atoms with Crippen molar-refractivity contribution in [2.75, 3.05) is 0 Å². The zero-order chi connectivity index (χ0) is 9.47. The molecule has 1 aliphatic carbocycles. The Kier molecular flexibility index (Phi) is 1.92. The molecule has 1 aromatic carbocycles. The van der Waals surface area contributed by atoms with Crippen LogP contribution in [0.2, 0.25) is 0 Å². The first-order valence-electron chi connectivity index (χ1n) is 4.92. The molecule has 0 fully saturated rings. The Morgan fingerprint density at radius 2 is 2.15 bits per heavy atom. The van der Waals surface area contributed by atoms with Crippen molar-refractivity contribution < 1.29 is 5.11 Å². The topological polar surface area (TPSA) is 20.2 Å². The highest BCUT2D eigenvalue weighted by Gasteiger charge is 2.28. The van der Waals surface area contributed by atoms with E-state index in [1.54, 1.807) is 0 Å². The lowest BCUT2D eigenvalue weighted by molar-refractivity contribution is 0.0386. The smallest absolute Gasteiger partial charge is 0.0871 e. The van der Waals surface area contributed by atoms with E-state index < -0.39 is 5.60 Å². The van der Waals surface area contributed by atoms with E-state index in [4.69, 9.17) is 0 Å². The van der Waals surface area contributed by atoms with Gasteiger partial charge in [0, 0.05) is 0 Å². The molecule has 0 saturated heterocycles. The summed E-state index contributed by atoms with van der Waals surface area (Å²) in [6.45, 7) is 4.00. The van der Waals surface area contributed by atoms with Crippen molar-refractivity contribution in [3.05, 3.63) is 34.9 Å². The standard InChI is InChI=1S/C12H16O/c1-9-5-6-10-4-3-7-12(2,13)11(10)8-9/h5-6,8,13H,3-4,7H2,1-2H3/t12-/m0/s1. The van der Waals surface area contributed by atoms with Crippen LogP contribution in [0.4, 0.5) is 0 Å². The number of aliphatic hydroxyl groups is 1. The normalized spacial score (nSPS) is 27.0. The summed E-state index contributed by atoms with van der Waals surface area (Å²) in [5.41, 5.74) is 3.10. The highest BCUT2D eigenvalue weighted by atomic mass is 16.3. The molecule has 2 rings (SSSR count). The van der Waals surface area contributed by atoms with Crippen molar-refractivity contribution in [3.63, 3.8) is 0 Å². The molecule has 70 valence electrons. The van der Waals surface area contributed by atoms with Crippen LogP contribution in [0.1, 0.15) is 36.5 Å². The Balaban J connectivity index is 2.55. The minimum atomic E-state index is -0.598. The van der Waals surface area contributed by atoms with Gasteiger partial charge in [-0.3, -0.25) is 0 Å². The first-order valence-corrected chi connectivity index (χ1v) is 4.92. The van der Waals surface area contributed by atoms with Crippen molar-refractivity contribution in [2.45, 2.75) is 38.7 Å². The summed E-state index contributed by atoms with van der Waals surface area (Å²) in [5, 5.41) is 10.2. The van der Waals surface area contributed by atoms with Crippen LogP contribution in [-0.4, -0.2) is 5.11 Å². The van der Waals surface area contributed by atoms with Gasteiger partial charge in [0.05, 0.1) is 5.60 Å². The van der Waals surface area contributed by atoms with Gasteiger partial charge in [0.2, 0.25) is 0 Å². The largest absolute Gasteiger partial charge is 0.385 e. The minimum absolute atomic E-state index is 0.598. The van der Waals surface area contributed by atoms with Crippen molar-refractivity contribution in [1.82, 2.24) is 0 Å². The SMILES string of the molecule is Cc1ccc2c(c1)[C@@](C)(O)CCC2. The molecule has 13 heavy (non-hydrogen) atoms. The van der Waals surface area contributed by atoms with Crippen molar-refractivity contribution in [2.24, 2.45) is 0 Å². The van der Waals surface area contributed by atoms with Gasteiger partial charge in [-0.25, -0.2) is 0 Å². The summed E-state index contributed by atoms with van der Waals surface area (Å²) in [5.74, 6) is 0. The number of fused-ring (bicyclic) bond motifs is 1. The van der Waals surface area contributed by atoms with E-state index in [0.717, 1.165) is 24.8 Å². The maximum atomic E-state index is 10.2. The number of hydrogen-bond acceptors (Lipinski definition) is 1. The van der Waals surface area contributed by atoms with Gasteiger partial charge < -0.3 is 5.11 Å². The quantitative estimate of drug-likeness (QED) is 0.644. The van der Waals surface area contributed by atoms with E-state index in [2.05, 4.69) is 25.1 Å². The van der Waals surface area contributed by atoms with Crippen LogP contribution in [0.5, 0.6) is 0 Å².